The van der Waals surface area contributed by atoms with Crippen LogP contribution in [0.25, 0.3) is 0 Å². The highest BCUT2D eigenvalue weighted by atomic mass is 19.4. The molecule has 0 heterocycles. The van der Waals surface area contributed by atoms with Gasteiger partial charge in [-0.2, -0.15) is 0 Å². The molecule has 8 heteroatoms. The van der Waals surface area contributed by atoms with Crippen LogP contribution in [0.15, 0.2) is 24.3 Å². The van der Waals surface area contributed by atoms with E-state index in [1.165, 1.54) is 12.1 Å². The van der Waals surface area contributed by atoms with Gasteiger partial charge in [0.05, 0.1) is 12.0 Å². The van der Waals surface area contributed by atoms with Gasteiger partial charge in [0, 0.05) is 5.56 Å². The van der Waals surface area contributed by atoms with Gasteiger partial charge in [0.2, 0.25) is 0 Å². The Bertz CT molecular complexity index is 551. The monoisotopic (exact) mass is 333 g/mol. The van der Waals surface area contributed by atoms with E-state index < -0.39 is 29.5 Å². The summed E-state index contributed by atoms with van der Waals surface area (Å²) in [7, 11) is 0. The first-order valence-electron chi connectivity index (χ1n) is 7.01. The molecule has 0 fully saturated rings. The Balaban J connectivity index is 2.86. The largest absolute Gasteiger partial charge is 0.573 e. The number of halogens is 3. The van der Waals surface area contributed by atoms with Crippen LogP contribution in [-0.4, -0.2) is 28.9 Å². The van der Waals surface area contributed by atoms with Gasteiger partial charge < -0.3 is 15.2 Å². The van der Waals surface area contributed by atoms with Crippen LogP contribution in [-0.2, 0) is 4.79 Å². The third-order valence-corrected chi connectivity index (χ3v) is 3.57. The highest BCUT2D eigenvalue weighted by Gasteiger charge is 2.32. The van der Waals surface area contributed by atoms with Crippen molar-refractivity contribution in [2.45, 2.75) is 45.0 Å². The Morgan fingerprint density at radius 3 is 2.04 bits per heavy atom. The third kappa shape index (κ3) is 5.80. The molecule has 0 saturated carbocycles. The van der Waals surface area contributed by atoms with Crippen molar-refractivity contribution < 1.29 is 32.6 Å². The molecule has 128 valence electrons. The SMILES string of the molecule is CCC(CC)(CC(=O)O)NC(=O)c1ccc(OC(F)(F)F)cc1. The van der Waals surface area contributed by atoms with E-state index in [0.29, 0.717) is 12.8 Å². The van der Waals surface area contributed by atoms with Crippen LogP contribution in [0.3, 0.4) is 0 Å². The topological polar surface area (TPSA) is 75.6 Å². The molecule has 23 heavy (non-hydrogen) atoms. The van der Waals surface area contributed by atoms with E-state index in [4.69, 9.17) is 5.11 Å². The third-order valence-electron chi connectivity index (χ3n) is 3.57. The molecule has 0 aromatic heterocycles. The fourth-order valence-corrected chi connectivity index (χ4v) is 2.13. The molecular weight excluding hydrogens is 315 g/mol. The van der Waals surface area contributed by atoms with Crippen molar-refractivity contribution in [2.75, 3.05) is 0 Å². The first-order valence-corrected chi connectivity index (χ1v) is 7.01. The summed E-state index contributed by atoms with van der Waals surface area (Å²) in [6, 6.07) is 4.43. The van der Waals surface area contributed by atoms with E-state index >= 15 is 0 Å². The Kier molecular flexibility index (Phi) is 6.00. The molecule has 0 spiro atoms. The summed E-state index contributed by atoms with van der Waals surface area (Å²) >= 11 is 0. The van der Waals surface area contributed by atoms with Crippen LogP contribution in [0.5, 0.6) is 5.75 Å². The van der Waals surface area contributed by atoms with Gasteiger partial charge in [-0.25, -0.2) is 0 Å². The Hall–Kier alpha value is -2.25. The van der Waals surface area contributed by atoms with Crippen LogP contribution >= 0.6 is 0 Å². The average Bonchev–Trinajstić information content (AvgIpc) is 2.45. The summed E-state index contributed by atoms with van der Waals surface area (Å²) in [6.45, 7) is 3.51. The van der Waals surface area contributed by atoms with Crippen LogP contribution in [0.1, 0.15) is 43.5 Å². The lowest BCUT2D eigenvalue weighted by atomic mass is 9.88. The minimum Gasteiger partial charge on any atom is -0.481 e. The lowest BCUT2D eigenvalue weighted by Crippen LogP contribution is -2.49. The molecule has 5 nitrogen and oxygen atoms in total. The van der Waals surface area contributed by atoms with E-state index in [0.717, 1.165) is 12.1 Å². The summed E-state index contributed by atoms with van der Waals surface area (Å²) in [5.41, 5.74) is -0.777. The molecule has 1 amide bonds. The molecule has 0 aliphatic rings. The molecule has 0 bridgehead atoms. The van der Waals surface area contributed by atoms with Gasteiger partial charge in [-0.05, 0) is 37.1 Å². The number of carboxylic acid groups (broad SMARTS) is 1. The van der Waals surface area contributed by atoms with E-state index in [9.17, 15) is 22.8 Å². The second kappa shape index (κ2) is 7.34. The first kappa shape index (κ1) is 18.8. The maximum atomic E-state index is 12.2. The Morgan fingerprint density at radius 1 is 1.13 bits per heavy atom. The molecule has 1 aromatic carbocycles. The number of alkyl halides is 3. The minimum atomic E-state index is -4.80. The Labute approximate surface area is 131 Å². The molecule has 0 saturated heterocycles. The molecule has 1 rings (SSSR count). The van der Waals surface area contributed by atoms with Gasteiger partial charge in [0.15, 0.2) is 0 Å². The number of rotatable bonds is 7. The number of benzene rings is 1. The van der Waals surface area contributed by atoms with E-state index in [-0.39, 0.29) is 12.0 Å². The predicted molar refractivity (Wildman–Crippen MR) is 76.2 cm³/mol. The maximum Gasteiger partial charge on any atom is 0.573 e. The normalized spacial score (nSPS) is 11.9. The zero-order valence-corrected chi connectivity index (χ0v) is 12.7. The van der Waals surface area contributed by atoms with Crippen molar-refractivity contribution in [3.8, 4) is 5.75 Å². The van der Waals surface area contributed by atoms with Gasteiger partial charge in [0.1, 0.15) is 5.75 Å². The quantitative estimate of drug-likeness (QED) is 0.802. The van der Waals surface area contributed by atoms with Crippen molar-refractivity contribution in [3.05, 3.63) is 29.8 Å². The number of amides is 1. The molecular formula is C15H18F3NO4. The summed E-state index contributed by atoms with van der Waals surface area (Å²) in [6.07, 6.45) is -4.21. The van der Waals surface area contributed by atoms with Gasteiger partial charge in [-0.3, -0.25) is 9.59 Å². The number of carbonyl (C=O) groups excluding carboxylic acids is 1. The lowest BCUT2D eigenvalue weighted by Gasteiger charge is -2.31. The number of hydrogen-bond acceptors (Lipinski definition) is 3. The average molecular weight is 333 g/mol. The highest BCUT2D eigenvalue weighted by molar-refractivity contribution is 5.95. The minimum absolute atomic E-state index is 0.121. The second-order valence-corrected chi connectivity index (χ2v) is 5.08. The van der Waals surface area contributed by atoms with Gasteiger partial charge in [-0.1, -0.05) is 13.8 Å². The van der Waals surface area contributed by atoms with Crippen molar-refractivity contribution in [1.82, 2.24) is 5.32 Å². The number of carbonyl (C=O) groups is 2. The molecule has 2 N–H and O–H groups in total. The van der Waals surface area contributed by atoms with Crippen molar-refractivity contribution in [3.63, 3.8) is 0 Å². The Morgan fingerprint density at radius 2 is 1.65 bits per heavy atom. The molecule has 0 radical (unpaired) electrons. The van der Waals surface area contributed by atoms with Gasteiger partial charge in [0.25, 0.3) is 5.91 Å². The summed E-state index contributed by atoms with van der Waals surface area (Å²) in [5, 5.41) is 11.6. The maximum absolute atomic E-state index is 12.2. The molecule has 0 atom stereocenters. The van der Waals surface area contributed by atoms with E-state index in [1.54, 1.807) is 13.8 Å². The molecule has 0 unspecified atom stereocenters. The summed E-state index contributed by atoms with van der Waals surface area (Å²) in [4.78, 5) is 23.1. The summed E-state index contributed by atoms with van der Waals surface area (Å²) < 4.78 is 40.0. The van der Waals surface area contributed by atoms with Crippen LogP contribution in [0, 0.1) is 0 Å². The van der Waals surface area contributed by atoms with Gasteiger partial charge in [-0.15, -0.1) is 13.2 Å². The molecule has 1 aromatic rings. The van der Waals surface area contributed by atoms with Crippen molar-refractivity contribution >= 4 is 11.9 Å². The number of aliphatic carboxylic acids is 1. The van der Waals surface area contributed by atoms with Crippen molar-refractivity contribution in [2.24, 2.45) is 0 Å². The smallest absolute Gasteiger partial charge is 0.481 e. The fraction of sp³-hybridized carbons (Fsp3) is 0.467. The van der Waals surface area contributed by atoms with Crippen molar-refractivity contribution in [1.29, 1.82) is 0 Å². The predicted octanol–water partition coefficient (Wildman–Crippen LogP) is 3.35. The number of hydrogen-bond donors (Lipinski definition) is 2. The van der Waals surface area contributed by atoms with Gasteiger partial charge >= 0.3 is 12.3 Å². The second-order valence-electron chi connectivity index (χ2n) is 5.08. The number of carboxylic acids is 1. The number of nitrogens with one attached hydrogen (secondary N) is 1. The zero-order chi connectivity index (χ0) is 17.7. The number of ether oxygens (including phenoxy) is 1. The first-order chi connectivity index (χ1) is 10.6. The molecule has 0 aliphatic heterocycles. The summed E-state index contributed by atoms with van der Waals surface area (Å²) in [5.74, 6) is -2.02. The van der Waals surface area contributed by atoms with E-state index in [1.807, 2.05) is 0 Å². The zero-order valence-electron chi connectivity index (χ0n) is 12.7. The lowest BCUT2D eigenvalue weighted by molar-refractivity contribution is -0.274. The van der Waals surface area contributed by atoms with Crippen LogP contribution in [0.4, 0.5) is 13.2 Å². The molecule has 0 aliphatic carbocycles. The highest BCUT2D eigenvalue weighted by Crippen LogP contribution is 2.24. The fourth-order valence-electron chi connectivity index (χ4n) is 2.13. The van der Waals surface area contributed by atoms with Crippen LogP contribution < -0.4 is 10.1 Å². The van der Waals surface area contributed by atoms with Crippen LogP contribution in [0.2, 0.25) is 0 Å². The van der Waals surface area contributed by atoms with E-state index in [2.05, 4.69) is 10.1 Å². The standard InChI is InChI=1S/C15H18F3NO4/c1-3-14(4-2,9-12(20)21)19-13(22)10-5-7-11(8-6-10)23-15(16,17)18/h5-8H,3-4,9H2,1-2H3,(H,19,22)(H,20,21).